The molecule has 0 aliphatic heterocycles. The Bertz CT molecular complexity index is 12.4. The molecule has 0 amide bonds. The number of hydrogen-bond donors (Lipinski definition) is 2. The minimum atomic E-state index is -1.17. The fourth-order valence-corrected chi connectivity index (χ4v) is 0. The van der Waals surface area contributed by atoms with Gasteiger partial charge in [-0.15, -0.1) is 0 Å². The number of aliphatic hydroxyl groups is 2. The third kappa shape index (κ3) is 302. The Hall–Kier alpha value is 0.270. The van der Waals surface area contributed by atoms with Crippen LogP contribution in [0.15, 0.2) is 0 Å². The van der Waals surface area contributed by atoms with Crippen molar-refractivity contribution in [3.8, 4) is 0 Å². The van der Waals surface area contributed by atoms with Crippen molar-refractivity contribution in [2.45, 2.75) is 13.2 Å². The van der Waals surface area contributed by atoms with Gasteiger partial charge in [0.25, 0.3) is 0 Å². The highest BCUT2D eigenvalue weighted by atomic mass is 32.1. The zero-order valence-corrected chi connectivity index (χ0v) is 3.97. The summed E-state index contributed by atoms with van der Waals surface area (Å²) in [5, 5.41) is 15.2. The lowest BCUT2D eigenvalue weighted by atomic mass is 10.8. The summed E-state index contributed by atoms with van der Waals surface area (Å²) in [6.07, 6.45) is -1.17. The van der Waals surface area contributed by atoms with Gasteiger partial charge in [-0.2, -0.15) is 13.5 Å². The third-order valence-corrected chi connectivity index (χ3v) is 0. The van der Waals surface area contributed by atoms with Crippen molar-refractivity contribution in [1.82, 2.24) is 0 Å². The molecule has 34 valence electrons. The molecule has 0 saturated carbocycles. The molecule has 0 fully saturated rings. The highest BCUT2D eigenvalue weighted by molar-refractivity contribution is 7.59. The van der Waals surface area contributed by atoms with Crippen LogP contribution < -0.4 is 0 Å². The second-order valence-corrected chi connectivity index (χ2v) is 0.632. The summed E-state index contributed by atoms with van der Waals surface area (Å²) in [6, 6.07) is 0. The first-order valence-electron chi connectivity index (χ1n) is 1.09. The Labute approximate surface area is 37.9 Å². The highest BCUT2D eigenvalue weighted by Gasteiger charge is 1.70. The average Bonchev–Trinajstić information content (AvgIpc) is 0.811. The Morgan fingerprint density at radius 1 is 1.40 bits per heavy atom. The smallest absolute Gasteiger partial charge is 0.148 e. The van der Waals surface area contributed by atoms with E-state index in [4.69, 9.17) is 10.2 Å². The lowest BCUT2D eigenvalue weighted by Gasteiger charge is -1.80. The van der Waals surface area contributed by atoms with Crippen LogP contribution in [0, 0.1) is 0 Å². The van der Waals surface area contributed by atoms with Crippen molar-refractivity contribution in [2.24, 2.45) is 0 Å². The van der Waals surface area contributed by atoms with Crippen LogP contribution in [0.3, 0.4) is 0 Å². The number of rotatable bonds is 0. The first-order chi connectivity index (χ1) is 1.73. The van der Waals surface area contributed by atoms with E-state index in [0.717, 1.165) is 0 Å². The second kappa shape index (κ2) is 4.27. The number of aliphatic hydroxyl groups excluding tert-OH is 1. The molecule has 0 heterocycles. The van der Waals surface area contributed by atoms with E-state index in [2.05, 4.69) is 0 Å². The minimum absolute atomic E-state index is 0. The molecule has 0 spiro atoms. The Balaban J connectivity index is 0. The fourth-order valence-electron chi connectivity index (χ4n) is 0. The molecule has 0 aromatic rings. The molecular weight excluding hydrogens is 88.1 g/mol. The summed E-state index contributed by atoms with van der Waals surface area (Å²) in [6.45, 7) is 1.28. The molecule has 0 saturated heterocycles. The predicted octanol–water partition coefficient (Wildman–Crippen LogP) is -0.570. The molecule has 0 atom stereocenters. The van der Waals surface area contributed by atoms with E-state index in [-0.39, 0.29) is 13.5 Å². The van der Waals surface area contributed by atoms with Crippen LogP contribution in [0.5, 0.6) is 0 Å². The Morgan fingerprint density at radius 2 is 1.40 bits per heavy atom. The van der Waals surface area contributed by atoms with Crippen LogP contribution >= 0.6 is 13.5 Å². The van der Waals surface area contributed by atoms with Gasteiger partial charge in [0.05, 0.1) is 0 Å². The maximum atomic E-state index is 7.61. The monoisotopic (exact) mass is 96.0 g/mol. The highest BCUT2D eigenvalue weighted by Crippen LogP contribution is 1.57. The summed E-state index contributed by atoms with van der Waals surface area (Å²) < 4.78 is 0. The molecule has 0 aliphatic carbocycles. The maximum absolute atomic E-state index is 7.61. The van der Waals surface area contributed by atoms with Crippen molar-refractivity contribution >= 4 is 13.5 Å². The molecule has 2 N–H and O–H groups in total. The van der Waals surface area contributed by atoms with Crippen LogP contribution in [0.1, 0.15) is 6.92 Å². The molecule has 0 aromatic heterocycles. The first kappa shape index (κ1) is 8.99. The van der Waals surface area contributed by atoms with Crippen molar-refractivity contribution in [1.29, 1.82) is 0 Å². The SMILES string of the molecule is CC(O)O.S. The Kier molecular flexibility index (Phi) is 7.67. The van der Waals surface area contributed by atoms with Crippen molar-refractivity contribution in [3.05, 3.63) is 0 Å². The van der Waals surface area contributed by atoms with Crippen LogP contribution in [0.4, 0.5) is 0 Å². The summed E-state index contributed by atoms with van der Waals surface area (Å²) in [5.74, 6) is 0. The lowest BCUT2D eigenvalue weighted by molar-refractivity contribution is -0.0228. The van der Waals surface area contributed by atoms with E-state index in [1.165, 1.54) is 6.92 Å². The van der Waals surface area contributed by atoms with Gasteiger partial charge in [-0.05, 0) is 6.92 Å². The van der Waals surface area contributed by atoms with Gasteiger partial charge in [-0.3, -0.25) is 0 Å². The van der Waals surface area contributed by atoms with E-state index >= 15 is 0 Å². The molecule has 0 rings (SSSR count). The zero-order chi connectivity index (χ0) is 3.58. The molecular formula is C2H8O2S. The summed E-state index contributed by atoms with van der Waals surface area (Å²) >= 11 is 0. The normalized spacial score (nSPS) is 7.20. The molecule has 5 heavy (non-hydrogen) atoms. The largest absolute Gasteiger partial charge is 0.368 e. The molecule has 0 unspecified atom stereocenters. The molecule has 2 nitrogen and oxygen atoms in total. The Morgan fingerprint density at radius 3 is 1.40 bits per heavy atom. The predicted molar refractivity (Wildman–Crippen MR) is 24.3 cm³/mol. The zero-order valence-electron chi connectivity index (χ0n) is 2.97. The average molecular weight is 96.2 g/mol. The van der Waals surface area contributed by atoms with Crippen LogP contribution in [-0.4, -0.2) is 16.5 Å². The quantitative estimate of drug-likeness (QED) is 0.396. The molecule has 0 bridgehead atoms. The summed E-state index contributed by atoms with van der Waals surface area (Å²) in [4.78, 5) is 0. The summed E-state index contributed by atoms with van der Waals surface area (Å²) in [5.41, 5.74) is 0. The fraction of sp³-hybridized carbons (Fsp3) is 1.00. The van der Waals surface area contributed by atoms with E-state index in [1.807, 2.05) is 0 Å². The molecule has 0 radical (unpaired) electrons. The van der Waals surface area contributed by atoms with Gasteiger partial charge in [-0.25, -0.2) is 0 Å². The molecule has 3 heteroatoms. The number of hydrogen-bond acceptors (Lipinski definition) is 2. The molecule has 0 aliphatic rings. The van der Waals surface area contributed by atoms with Crippen LogP contribution in [0.25, 0.3) is 0 Å². The van der Waals surface area contributed by atoms with Crippen LogP contribution in [-0.2, 0) is 0 Å². The van der Waals surface area contributed by atoms with Crippen molar-refractivity contribution in [3.63, 3.8) is 0 Å². The lowest BCUT2D eigenvalue weighted by Crippen LogP contribution is -1.92. The van der Waals surface area contributed by atoms with Gasteiger partial charge in [0.1, 0.15) is 6.29 Å². The maximum Gasteiger partial charge on any atom is 0.148 e. The van der Waals surface area contributed by atoms with E-state index < -0.39 is 6.29 Å². The van der Waals surface area contributed by atoms with Crippen molar-refractivity contribution in [2.75, 3.05) is 0 Å². The van der Waals surface area contributed by atoms with Gasteiger partial charge in [-0.1, -0.05) is 0 Å². The standard InChI is InChI=1S/C2H6O2.H2S/c1-2(3)4;/h2-4H,1H3;1H2. The van der Waals surface area contributed by atoms with Gasteiger partial charge < -0.3 is 10.2 Å². The topological polar surface area (TPSA) is 40.5 Å². The van der Waals surface area contributed by atoms with Gasteiger partial charge >= 0.3 is 0 Å². The second-order valence-electron chi connectivity index (χ2n) is 0.632. The van der Waals surface area contributed by atoms with Crippen molar-refractivity contribution < 1.29 is 10.2 Å². The van der Waals surface area contributed by atoms with Crippen LogP contribution in [0.2, 0.25) is 0 Å². The van der Waals surface area contributed by atoms with E-state index in [1.54, 1.807) is 0 Å². The van der Waals surface area contributed by atoms with Gasteiger partial charge in [0.2, 0.25) is 0 Å². The molecule has 0 aromatic carbocycles. The summed E-state index contributed by atoms with van der Waals surface area (Å²) in [7, 11) is 0. The van der Waals surface area contributed by atoms with E-state index in [9.17, 15) is 0 Å². The minimum Gasteiger partial charge on any atom is -0.368 e. The van der Waals surface area contributed by atoms with Gasteiger partial charge in [0, 0.05) is 0 Å². The van der Waals surface area contributed by atoms with E-state index in [0.29, 0.717) is 0 Å². The third-order valence-electron chi connectivity index (χ3n) is 0. The first-order valence-corrected chi connectivity index (χ1v) is 1.09. The van der Waals surface area contributed by atoms with Gasteiger partial charge in [0.15, 0.2) is 0 Å².